The highest BCUT2D eigenvalue weighted by Gasteiger charge is 2.20. The normalized spacial score (nSPS) is 12.3. The molecule has 0 spiro atoms. The van der Waals surface area contributed by atoms with Crippen molar-refractivity contribution in [2.75, 3.05) is 0 Å². The smallest absolute Gasteiger partial charge is 0.289 e. The van der Waals surface area contributed by atoms with Crippen molar-refractivity contribution in [3.8, 4) is 0 Å². The van der Waals surface area contributed by atoms with Gasteiger partial charge in [-0.05, 0) is 18.6 Å². The number of para-hydroxylation sites is 1. The Bertz CT molecular complexity index is 591. The van der Waals surface area contributed by atoms with Crippen LogP contribution in [0.2, 0.25) is 0 Å². The number of nitrogens with zero attached hydrogens (tertiary/aromatic N) is 1. The number of amides is 1. The predicted molar refractivity (Wildman–Crippen MR) is 79.4 cm³/mol. The molecule has 0 bridgehead atoms. The third kappa shape index (κ3) is 3.40. The molecule has 0 radical (unpaired) electrons. The van der Waals surface area contributed by atoms with Gasteiger partial charge in [0, 0.05) is 0 Å². The van der Waals surface area contributed by atoms with Gasteiger partial charge in [-0.1, -0.05) is 25.5 Å². The standard InChI is InChI=1S/C14H17N3O2S/c1-2-5-9(15)13(18)14(19)16-8-12-17-10-6-3-4-7-11(10)20-12/h3-4,6-7,9H,2,5,8,15H2,1H3,(H,16,19). The number of nitrogens with one attached hydrogen (secondary N) is 1. The van der Waals surface area contributed by atoms with Gasteiger partial charge < -0.3 is 11.1 Å². The number of aromatic nitrogens is 1. The van der Waals surface area contributed by atoms with Gasteiger partial charge in [-0.2, -0.15) is 0 Å². The number of ketones is 1. The summed E-state index contributed by atoms with van der Waals surface area (Å²) >= 11 is 1.50. The molecule has 1 aromatic heterocycles. The number of nitrogens with two attached hydrogens (primary N) is 1. The number of hydrogen-bond donors (Lipinski definition) is 2. The monoisotopic (exact) mass is 291 g/mol. The van der Waals surface area contributed by atoms with Crippen LogP contribution in [-0.2, 0) is 16.1 Å². The fourth-order valence-corrected chi connectivity index (χ4v) is 2.76. The molecule has 1 unspecified atom stereocenters. The molecule has 0 aliphatic carbocycles. The second kappa shape index (κ2) is 6.58. The van der Waals surface area contributed by atoms with Crippen molar-refractivity contribution >= 4 is 33.2 Å². The van der Waals surface area contributed by atoms with Crippen LogP contribution in [0.15, 0.2) is 24.3 Å². The van der Waals surface area contributed by atoms with E-state index in [-0.39, 0.29) is 6.54 Å². The second-order valence-corrected chi connectivity index (χ2v) is 5.63. The first kappa shape index (κ1) is 14.6. The van der Waals surface area contributed by atoms with E-state index in [1.807, 2.05) is 31.2 Å². The number of rotatable bonds is 6. The van der Waals surface area contributed by atoms with Crippen molar-refractivity contribution in [2.45, 2.75) is 32.4 Å². The van der Waals surface area contributed by atoms with Crippen molar-refractivity contribution in [3.05, 3.63) is 29.3 Å². The van der Waals surface area contributed by atoms with Crippen molar-refractivity contribution < 1.29 is 9.59 Å². The fraction of sp³-hybridized carbons (Fsp3) is 0.357. The minimum atomic E-state index is -0.713. The Balaban J connectivity index is 1.94. The maximum atomic E-state index is 11.7. The zero-order chi connectivity index (χ0) is 14.5. The van der Waals surface area contributed by atoms with E-state index in [0.29, 0.717) is 6.42 Å². The number of thiazole rings is 1. The molecule has 0 fully saturated rings. The van der Waals surface area contributed by atoms with E-state index in [4.69, 9.17) is 5.73 Å². The Morgan fingerprint density at radius 1 is 1.40 bits per heavy atom. The lowest BCUT2D eigenvalue weighted by molar-refractivity contribution is -0.138. The Morgan fingerprint density at radius 2 is 2.15 bits per heavy atom. The summed E-state index contributed by atoms with van der Waals surface area (Å²) in [6.45, 7) is 2.18. The molecule has 2 rings (SSSR count). The molecule has 0 saturated heterocycles. The molecule has 1 atom stereocenters. The highest BCUT2D eigenvalue weighted by atomic mass is 32.1. The molecule has 2 aromatic rings. The van der Waals surface area contributed by atoms with E-state index in [9.17, 15) is 9.59 Å². The van der Waals surface area contributed by atoms with Crippen molar-refractivity contribution in [3.63, 3.8) is 0 Å². The zero-order valence-electron chi connectivity index (χ0n) is 11.3. The van der Waals surface area contributed by atoms with Gasteiger partial charge in [-0.3, -0.25) is 9.59 Å². The largest absolute Gasteiger partial charge is 0.343 e. The molecule has 3 N–H and O–H groups in total. The van der Waals surface area contributed by atoms with E-state index in [0.717, 1.165) is 21.6 Å². The molecule has 20 heavy (non-hydrogen) atoms. The lowest BCUT2D eigenvalue weighted by Gasteiger charge is -2.08. The van der Waals surface area contributed by atoms with Crippen LogP contribution < -0.4 is 11.1 Å². The van der Waals surface area contributed by atoms with E-state index in [1.165, 1.54) is 11.3 Å². The molecular formula is C14H17N3O2S. The number of Topliss-reactive ketones (excluding diaryl/α,β-unsaturated/α-hetero) is 1. The summed E-state index contributed by atoms with van der Waals surface area (Å²) in [4.78, 5) is 27.7. The minimum Gasteiger partial charge on any atom is -0.343 e. The van der Waals surface area contributed by atoms with Gasteiger partial charge >= 0.3 is 0 Å². The Kier molecular flexibility index (Phi) is 4.81. The number of hydrogen-bond acceptors (Lipinski definition) is 5. The summed E-state index contributed by atoms with van der Waals surface area (Å²) in [6.07, 6.45) is 1.30. The summed E-state index contributed by atoms with van der Waals surface area (Å²) in [5.74, 6) is -1.20. The molecule has 0 aliphatic heterocycles. The van der Waals surface area contributed by atoms with E-state index < -0.39 is 17.7 Å². The van der Waals surface area contributed by atoms with Gasteiger partial charge in [0.25, 0.3) is 5.91 Å². The quantitative estimate of drug-likeness (QED) is 0.792. The molecule has 5 nitrogen and oxygen atoms in total. The van der Waals surface area contributed by atoms with Crippen LogP contribution in [-0.4, -0.2) is 22.7 Å². The minimum absolute atomic E-state index is 0.253. The summed E-state index contributed by atoms with van der Waals surface area (Å²) in [5, 5.41) is 3.35. The maximum Gasteiger partial charge on any atom is 0.289 e. The van der Waals surface area contributed by atoms with Crippen molar-refractivity contribution in [2.24, 2.45) is 5.73 Å². The van der Waals surface area contributed by atoms with Gasteiger partial charge in [-0.15, -0.1) is 11.3 Å². The Hall–Kier alpha value is -1.79. The highest BCUT2D eigenvalue weighted by Crippen LogP contribution is 2.21. The molecule has 106 valence electrons. The lowest BCUT2D eigenvalue weighted by atomic mass is 10.1. The van der Waals surface area contributed by atoms with Crippen molar-refractivity contribution in [1.29, 1.82) is 0 Å². The molecule has 0 saturated carbocycles. The molecule has 1 amide bonds. The van der Waals surface area contributed by atoms with Gasteiger partial charge in [0.1, 0.15) is 5.01 Å². The molecule has 1 heterocycles. The summed E-state index contributed by atoms with van der Waals surface area (Å²) in [5.41, 5.74) is 6.53. The first-order valence-corrected chi connectivity index (χ1v) is 7.35. The molecule has 0 aliphatic rings. The first-order chi connectivity index (χ1) is 9.61. The molecule has 6 heteroatoms. The van der Waals surface area contributed by atoms with E-state index >= 15 is 0 Å². The lowest BCUT2D eigenvalue weighted by Crippen LogP contribution is -2.42. The first-order valence-electron chi connectivity index (χ1n) is 6.54. The number of benzene rings is 1. The van der Waals surface area contributed by atoms with Crippen LogP contribution in [0, 0.1) is 0 Å². The van der Waals surface area contributed by atoms with Gasteiger partial charge in [0.05, 0.1) is 22.8 Å². The van der Waals surface area contributed by atoms with Crippen LogP contribution in [0.5, 0.6) is 0 Å². The maximum absolute atomic E-state index is 11.7. The SMILES string of the molecule is CCCC(N)C(=O)C(=O)NCc1nc2ccccc2s1. The summed E-state index contributed by atoms with van der Waals surface area (Å²) in [6, 6.07) is 7.03. The summed E-state index contributed by atoms with van der Waals surface area (Å²) in [7, 11) is 0. The zero-order valence-corrected chi connectivity index (χ0v) is 12.1. The van der Waals surface area contributed by atoms with Crippen LogP contribution in [0.3, 0.4) is 0 Å². The molecular weight excluding hydrogens is 274 g/mol. The van der Waals surface area contributed by atoms with Crippen LogP contribution in [0.25, 0.3) is 10.2 Å². The van der Waals surface area contributed by atoms with E-state index in [1.54, 1.807) is 0 Å². The fourth-order valence-electron chi connectivity index (χ4n) is 1.85. The predicted octanol–water partition coefficient (Wildman–Crippen LogP) is 1.61. The third-order valence-corrected chi connectivity index (χ3v) is 3.93. The topological polar surface area (TPSA) is 85.1 Å². The average molecular weight is 291 g/mol. The van der Waals surface area contributed by atoms with Gasteiger partial charge in [0.15, 0.2) is 0 Å². The van der Waals surface area contributed by atoms with E-state index in [2.05, 4.69) is 10.3 Å². The highest BCUT2D eigenvalue weighted by molar-refractivity contribution is 7.18. The average Bonchev–Trinajstić information content (AvgIpc) is 2.87. The summed E-state index contributed by atoms with van der Waals surface area (Å²) < 4.78 is 1.06. The number of fused-ring (bicyclic) bond motifs is 1. The Morgan fingerprint density at radius 3 is 2.85 bits per heavy atom. The second-order valence-electron chi connectivity index (χ2n) is 4.52. The Labute approximate surface area is 121 Å². The van der Waals surface area contributed by atoms with Crippen LogP contribution in [0.4, 0.5) is 0 Å². The van der Waals surface area contributed by atoms with Crippen LogP contribution >= 0.6 is 11.3 Å². The number of carbonyl (C=O) groups is 2. The van der Waals surface area contributed by atoms with Crippen molar-refractivity contribution in [1.82, 2.24) is 10.3 Å². The third-order valence-electron chi connectivity index (χ3n) is 2.90. The van der Waals surface area contributed by atoms with Gasteiger partial charge in [0.2, 0.25) is 5.78 Å². The number of carbonyl (C=O) groups excluding carboxylic acids is 2. The molecule has 1 aromatic carbocycles. The van der Waals surface area contributed by atoms with Crippen LogP contribution in [0.1, 0.15) is 24.8 Å². The van der Waals surface area contributed by atoms with Gasteiger partial charge in [-0.25, -0.2) is 4.98 Å².